The summed E-state index contributed by atoms with van der Waals surface area (Å²) < 4.78 is 7.99. The van der Waals surface area contributed by atoms with Gasteiger partial charge in [0.1, 0.15) is 0 Å². The fraction of sp³-hybridized carbons (Fsp3) is 0.810. The molecule has 0 saturated carbocycles. The van der Waals surface area contributed by atoms with Gasteiger partial charge in [-0.05, 0) is 32.6 Å². The van der Waals surface area contributed by atoms with E-state index in [1.165, 1.54) is 30.3 Å². The number of esters is 1. The van der Waals surface area contributed by atoms with Crippen molar-refractivity contribution in [3.05, 3.63) is 16.2 Å². The van der Waals surface area contributed by atoms with Gasteiger partial charge in [-0.2, -0.15) is 0 Å². The Morgan fingerprint density at radius 3 is 2.30 bits per heavy atom. The molecule has 0 aliphatic heterocycles. The fourth-order valence-electron chi connectivity index (χ4n) is 3.38. The van der Waals surface area contributed by atoms with E-state index in [4.69, 9.17) is 4.74 Å². The summed E-state index contributed by atoms with van der Waals surface area (Å²) >= 11 is 0. The van der Waals surface area contributed by atoms with Gasteiger partial charge >= 0.3 is 11.7 Å². The van der Waals surface area contributed by atoms with Crippen molar-refractivity contribution in [2.75, 3.05) is 6.61 Å². The molecule has 1 N–H and O–H groups in total. The van der Waals surface area contributed by atoms with Gasteiger partial charge in [-0.1, -0.05) is 51.9 Å². The van der Waals surface area contributed by atoms with Crippen molar-refractivity contribution in [2.24, 2.45) is 7.05 Å². The van der Waals surface area contributed by atoms with Crippen LogP contribution in [0.25, 0.3) is 0 Å². The second kappa shape index (κ2) is 13.4. The minimum absolute atomic E-state index is 0.107. The summed E-state index contributed by atoms with van der Waals surface area (Å²) in [6, 6.07) is 0. The molecule has 0 aromatic carbocycles. The van der Waals surface area contributed by atoms with Gasteiger partial charge in [0.25, 0.3) is 0 Å². The van der Waals surface area contributed by atoms with Crippen LogP contribution in [-0.2, 0) is 29.5 Å². The maximum atomic E-state index is 12.4. The quantitative estimate of drug-likeness (QED) is 0.362. The summed E-state index contributed by atoms with van der Waals surface area (Å²) in [4.78, 5) is 23.7. The summed E-state index contributed by atoms with van der Waals surface area (Å²) in [7, 11) is 1.62. The van der Waals surface area contributed by atoms with Crippen LogP contribution >= 0.6 is 0 Å². The molecular formula is C21H38N2O4. The molecule has 27 heavy (non-hydrogen) atoms. The van der Waals surface area contributed by atoms with Crippen molar-refractivity contribution in [2.45, 2.75) is 97.4 Å². The van der Waals surface area contributed by atoms with Crippen molar-refractivity contribution in [3.63, 3.8) is 0 Å². The third-order valence-electron chi connectivity index (χ3n) is 5.00. The molecule has 0 fully saturated rings. The van der Waals surface area contributed by atoms with Crippen LogP contribution in [0.1, 0.15) is 90.2 Å². The van der Waals surface area contributed by atoms with Gasteiger partial charge in [0.05, 0.1) is 12.3 Å². The number of aromatic nitrogens is 2. The molecule has 156 valence electrons. The Morgan fingerprint density at radius 1 is 0.963 bits per heavy atom. The first-order valence-electron chi connectivity index (χ1n) is 10.7. The monoisotopic (exact) mass is 382 g/mol. The lowest BCUT2D eigenvalue weighted by Crippen LogP contribution is -2.23. The fourth-order valence-corrected chi connectivity index (χ4v) is 3.38. The molecule has 0 amide bonds. The highest BCUT2D eigenvalue weighted by Crippen LogP contribution is 2.19. The van der Waals surface area contributed by atoms with Crippen LogP contribution in [-0.4, -0.2) is 26.8 Å². The minimum Gasteiger partial charge on any atom is -0.493 e. The van der Waals surface area contributed by atoms with Crippen LogP contribution < -0.4 is 5.69 Å². The summed E-state index contributed by atoms with van der Waals surface area (Å²) in [5, 5.41) is 10.3. The van der Waals surface area contributed by atoms with Gasteiger partial charge < -0.3 is 9.84 Å². The number of hydrogen-bond donors (Lipinski definition) is 1. The second-order valence-electron chi connectivity index (χ2n) is 7.25. The van der Waals surface area contributed by atoms with Crippen LogP contribution in [0, 0.1) is 0 Å². The predicted octanol–water partition coefficient (Wildman–Crippen LogP) is 4.31. The maximum Gasteiger partial charge on any atom is 0.330 e. The highest BCUT2D eigenvalue weighted by Gasteiger charge is 2.16. The first kappa shape index (κ1) is 23.3. The van der Waals surface area contributed by atoms with E-state index in [-0.39, 0.29) is 17.5 Å². The summed E-state index contributed by atoms with van der Waals surface area (Å²) in [6.07, 6.45) is 11.9. The third kappa shape index (κ3) is 8.22. The molecule has 0 unspecified atom stereocenters. The van der Waals surface area contributed by atoms with Gasteiger partial charge in [0.15, 0.2) is 0 Å². The van der Waals surface area contributed by atoms with Crippen molar-refractivity contribution in [1.82, 2.24) is 9.13 Å². The zero-order valence-electron chi connectivity index (χ0n) is 17.5. The van der Waals surface area contributed by atoms with Crippen molar-refractivity contribution in [3.8, 4) is 5.88 Å². The van der Waals surface area contributed by atoms with Crippen LogP contribution in [0.2, 0.25) is 0 Å². The van der Waals surface area contributed by atoms with E-state index in [1.54, 1.807) is 11.6 Å². The Bertz CT molecular complexity index is 604. The van der Waals surface area contributed by atoms with E-state index >= 15 is 0 Å². The summed E-state index contributed by atoms with van der Waals surface area (Å²) in [5.74, 6) is -0.0289. The molecule has 0 bridgehead atoms. The first-order valence-corrected chi connectivity index (χ1v) is 10.7. The number of ether oxygens (including phenoxy) is 1. The number of unbranched alkanes of at least 4 members (excludes halogenated alkanes) is 8. The smallest absolute Gasteiger partial charge is 0.330 e. The number of aromatic hydroxyl groups is 1. The van der Waals surface area contributed by atoms with E-state index in [0.717, 1.165) is 50.6 Å². The summed E-state index contributed by atoms with van der Waals surface area (Å²) in [6.45, 7) is 5.07. The molecule has 0 spiro atoms. The Labute approximate surface area is 163 Å². The molecule has 0 radical (unpaired) electrons. The number of nitrogens with zero attached hydrogens (tertiary/aromatic N) is 2. The van der Waals surface area contributed by atoms with E-state index in [1.807, 2.05) is 6.92 Å². The van der Waals surface area contributed by atoms with E-state index in [9.17, 15) is 14.7 Å². The average molecular weight is 383 g/mol. The first-order chi connectivity index (χ1) is 13.0. The van der Waals surface area contributed by atoms with Crippen LogP contribution in [0.15, 0.2) is 4.79 Å². The van der Waals surface area contributed by atoms with Gasteiger partial charge in [-0.15, -0.1) is 0 Å². The zero-order valence-corrected chi connectivity index (χ0v) is 17.5. The largest absolute Gasteiger partial charge is 0.493 e. The standard InChI is InChI=1S/C21H38N2O4/c1-4-6-7-8-9-12-15-18-20(25)22(3)21(26)23(18)17-14-11-10-13-16-19(24)27-5-2/h25H,4-17H2,1-3H3. The molecule has 0 atom stereocenters. The average Bonchev–Trinajstić information content (AvgIpc) is 2.85. The SMILES string of the molecule is CCCCCCCCc1c(O)n(C)c(=O)n1CCCCCCC(=O)OCC. The molecule has 1 aromatic rings. The van der Waals surface area contributed by atoms with Gasteiger partial charge in [0, 0.05) is 20.0 Å². The van der Waals surface area contributed by atoms with Gasteiger partial charge in [-0.3, -0.25) is 13.9 Å². The summed E-state index contributed by atoms with van der Waals surface area (Å²) in [5.41, 5.74) is 0.629. The molecule has 6 nitrogen and oxygen atoms in total. The lowest BCUT2D eigenvalue weighted by molar-refractivity contribution is -0.143. The normalized spacial score (nSPS) is 11.1. The van der Waals surface area contributed by atoms with E-state index < -0.39 is 0 Å². The lowest BCUT2D eigenvalue weighted by atomic mass is 10.1. The topological polar surface area (TPSA) is 73.5 Å². The molecule has 0 aliphatic rings. The Morgan fingerprint density at radius 2 is 1.59 bits per heavy atom. The van der Waals surface area contributed by atoms with E-state index in [2.05, 4.69) is 6.92 Å². The highest BCUT2D eigenvalue weighted by molar-refractivity contribution is 5.69. The van der Waals surface area contributed by atoms with E-state index in [0.29, 0.717) is 19.6 Å². The number of hydrogen-bond acceptors (Lipinski definition) is 4. The maximum absolute atomic E-state index is 12.4. The van der Waals surface area contributed by atoms with Crippen LogP contribution in [0.3, 0.4) is 0 Å². The number of carbonyl (C=O) groups excluding carboxylic acids is 1. The lowest BCUT2D eigenvalue weighted by Gasteiger charge is -2.08. The van der Waals surface area contributed by atoms with Crippen molar-refractivity contribution < 1.29 is 14.6 Å². The number of carbonyl (C=O) groups is 1. The molecule has 0 aliphatic carbocycles. The van der Waals surface area contributed by atoms with Crippen molar-refractivity contribution >= 4 is 5.97 Å². The zero-order chi connectivity index (χ0) is 20.1. The van der Waals surface area contributed by atoms with Crippen molar-refractivity contribution in [1.29, 1.82) is 0 Å². The molecule has 1 aromatic heterocycles. The highest BCUT2D eigenvalue weighted by atomic mass is 16.5. The molecular weight excluding hydrogens is 344 g/mol. The number of imidazole rings is 1. The second-order valence-corrected chi connectivity index (χ2v) is 7.25. The molecule has 1 heterocycles. The predicted molar refractivity (Wildman–Crippen MR) is 108 cm³/mol. The Balaban J connectivity index is 2.41. The van der Waals surface area contributed by atoms with Gasteiger partial charge in [-0.25, -0.2) is 4.79 Å². The number of rotatable bonds is 15. The Kier molecular flexibility index (Phi) is 11.6. The molecule has 1 rings (SSSR count). The van der Waals surface area contributed by atoms with Gasteiger partial charge in [0.2, 0.25) is 5.88 Å². The van der Waals surface area contributed by atoms with Crippen LogP contribution in [0.5, 0.6) is 5.88 Å². The Hall–Kier alpha value is -1.72. The molecule has 0 saturated heterocycles. The molecule has 6 heteroatoms. The third-order valence-corrected chi connectivity index (χ3v) is 5.00. The van der Waals surface area contributed by atoms with Crippen LogP contribution in [0.4, 0.5) is 0 Å². The minimum atomic E-state index is -0.139.